The fraction of sp³-hybridized carbons (Fsp3) is 1.00. The average molecular weight is 226 g/mol. The lowest BCUT2D eigenvalue weighted by molar-refractivity contribution is 0.205. The van der Waals surface area contributed by atoms with Crippen LogP contribution < -0.4 is 0 Å². The molecule has 0 aromatic rings. The molecule has 0 bridgehead atoms. The van der Waals surface area contributed by atoms with Crippen LogP contribution in [0.3, 0.4) is 0 Å². The van der Waals surface area contributed by atoms with Crippen molar-refractivity contribution in [2.24, 2.45) is 23.7 Å². The first kappa shape index (κ1) is 16.0. The van der Waals surface area contributed by atoms with Crippen molar-refractivity contribution in [1.29, 1.82) is 0 Å². The van der Waals surface area contributed by atoms with Crippen LogP contribution in [0.25, 0.3) is 0 Å². The lowest BCUT2D eigenvalue weighted by atomic mass is 9.76. The van der Waals surface area contributed by atoms with Gasteiger partial charge in [-0.1, -0.05) is 73.6 Å². The molecule has 0 aliphatic rings. The minimum atomic E-state index is 0.853. The summed E-state index contributed by atoms with van der Waals surface area (Å²) in [6.45, 7) is 14.3. The molecule has 0 heterocycles. The zero-order valence-electron chi connectivity index (χ0n) is 12.6. The summed E-state index contributed by atoms with van der Waals surface area (Å²) in [5, 5.41) is 0. The van der Waals surface area contributed by atoms with E-state index in [4.69, 9.17) is 0 Å². The lowest BCUT2D eigenvalue weighted by Crippen LogP contribution is -2.20. The lowest BCUT2D eigenvalue weighted by Gasteiger charge is -2.30. The fourth-order valence-corrected chi connectivity index (χ4v) is 2.98. The summed E-state index contributed by atoms with van der Waals surface area (Å²) in [7, 11) is 0. The van der Waals surface area contributed by atoms with Crippen LogP contribution >= 0.6 is 0 Å². The number of hydrogen-bond donors (Lipinski definition) is 0. The second-order valence-corrected chi connectivity index (χ2v) is 6.16. The van der Waals surface area contributed by atoms with Gasteiger partial charge in [0.25, 0.3) is 0 Å². The Kier molecular flexibility index (Phi) is 9.07. The van der Waals surface area contributed by atoms with Crippen LogP contribution in [0, 0.1) is 23.7 Å². The molecule has 0 spiro atoms. The maximum atomic E-state index is 2.47. The van der Waals surface area contributed by atoms with Crippen LogP contribution in [-0.4, -0.2) is 0 Å². The monoisotopic (exact) mass is 226 g/mol. The highest BCUT2D eigenvalue weighted by atomic mass is 14.3. The molecule has 0 aromatic carbocycles. The highest BCUT2D eigenvalue weighted by Crippen LogP contribution is 2.32. The summed E-state index contributed by atoms with van der Waals surface area (Å²) < 4.78 is 0. The summed E-state index contributed by atoms with van der Waals surface area (Å²) in [4.78, 5) is 0. The van der Waals surface area contributed by atoms with Crippen molar-refractivity contribution < 1.29 is 0 Å². The zero-order chi connectivity index (χ0) is 12.6. The number of hydrogen-bond acceptors (Lipinski definition) is 0. The number of unbranched alkanes of at least 4 members (excludes halogenated alkanes) is 1. The van der Waals surface area contributed by atoms with Crippen molar-refractivity contribution >= 4 is 0 Å². The number of rotatable bonds is 9. The Bertz CT molecular complexity index is 148. The third kappa shape index (κ3) is 6.55. The van der Waals surface area contributed by atoms with Crippen molar-refractivity contribution in [3.8, 4) is 0 Å². The van der Waals surface area contributed by atoms with Crippen LogP contribution in [-0.2, 0) is 0 Å². The molecular formula is C16H34. The highest BCUT2D eigenvalue weighted by Gasteiger charge is 2.22. The van der Waals surface area contributed by atoms with Gasteiger partial charge in [-0.25, -0.2) is 0 Å². The predicted molar refractivity (Wildman–Crippen MR) is 75.7 cm³/mol. The van der Waals surface area contributed by atoms with Crippen molar-refractivity contribution in [3.05, 3.63) is 0 Å². The molecule has 16 heavy (non-hydrogen) atoms. The molecule has 0 saturated carbocycles. The van der Waals surface area contributed by atoms with Gasteiger partial charge in [-0.15, -0.1) is 0 Å². The topological polar surface area (TPSA) is 0 Å². The second kappa shape index (κ2) is 9.07. The summed E-state index contributed by atoms with van der Waals surface area (Å²) >= 11 is 0. The van der Waals surface area contributed by atoms with Crippen molar-refractivity contribution in [1.82, 2.24) is 0 Å². The van der Waals surface area contributed by atoms with E-state index in [2.05, 4.69) is 41.5 Å². The first-order valence-corrected chi connectivity index (χ1v) is 7.52. The Hall–Kier alpha value is 0. The molecule has 0 aliphatic heterocycles. The van der Waals surface area contributed by atoms with Crippen LogP contribution in [0.1, 0.15) is 80.1 Å². The van der Waals surface area contributed by atoms with Gasteiger partial charge < -0.3 is 0 Å². The van der Waals surface area contributed by atoms with E-state index < -0.39 is 0 Å². The molecule has 3 atom stereocenters. The molecule has 0 N–H and O–H groups in total. The molecule has 0 rings (SSSR count). The van der Waals surface area contributed by atoms with E-state index in [0.29, 0.717) is 0 Å². The Morgan fingerprint density at radius 3 is 1.88 bits per heavy atom. The molecule has 0 heteroatoms. The van der Waals surface area contributed by atoms with Crippen LogP contribution in [0.4, 0.5) is 0 Å². The van der Waals surface area contributed by atoms with Gasteiger partial charge in [-0.2, -0.15) is 0 Å². The molecular weight excluding hydrogens is 192 g/mol. The first-order valence-electron chi connectivity index (χ1n) is 7.52. The van der Waals surface area contributed by atoms with Gasteiger partial charge in [0, 0.05) is 0 Å². The molecule has 0 amide bonds. The standard InChI is InChI=1S/C16H34/c1-7-9-11-15(6)16(13(3)4)12-14(5)10-8-2/h13-16H,7-12H2,1-6H3. The summed E-state index contributed by atoms with van der Waals surface area (Å²) in [6.07, 6.45) is 8.37. The van der Waals surface area contributed by atoms with E-state index in [1.807, 2.05) is 0 Å². The predicted octanol–water partition coefficient (Wildman–Crippen LogP) is 5.91. The maximum Gasteiger partial charge on any atom is -0.0363 e. The highest BCUT2D eigenvalue weighted by molar-refractivity contribution is 4.72. The Balaban J connectivity index is 4.14. The summed E-state index contributed by atoms with van der Waals surface area (Å²) in [6, 6.07) is 0. The molecule has 0 aromatic heterocycles. The summed E-state index contributed by atoms with van der Waals surface area (Å²) in [5.41, 5.74) is 0. The van der Waals surface area contributed by atoms with Gasteiger partial charge in [0.05, 0.1) is 0 Å². The smallest absolute Gasteiger partial charge is 0.0363 e. The minimum absolute atomic E-state index is 0.853. The van der Waals surface area contributed by atoms with Gasteiger partial charge in [0.1, 0.15) is 0 Å². The zero-order valence-corrected chi connectivity index (χ0v) is 12.6. The van der Waals surface area contributed by atoms with Gasteiger partial charge in [-0.3, -0.25) is 0 Å². The van der Waals surface area contributed by atoms with Crippen LogP contribution in [0.5, 0.6) is 0 Å². The molecule has 0 nitrogen and oxygen atoms in total. The Morgan fingerprint density at radius 1 is 0.812 bits per heavy atom. The molecule has 0 saturated heterocycles. The second-order valence-electron chi connectivity index (χ2n) is 6.16. The average Bonchev–Trinajstić information content (AvgIpc) is 2.22. The third-order valence-corrected chi connectivity index (χ3v) is 4.06. The molecule has 98 valence electrons. The van der Waals surface area contributed by atoms with Gasteiger partial charge >= 0.3 is 0 Å². The van der Waals surface area contributed by atoms with E-state index in [-0.39, 0.29) is 0 Å². The SMILES string of the molecule is CCCCC(C)C(CC(C)CCC)C(C)C. The van der Waals surface area contributed by atoms with Gasteiger partial charge in [-0.05, 0) is 30.1 Å². The minimum Gasteiger partial charge on any atom is -0.0654 e. The maximum absolute atomic E-state index is 2.47. The molecule has 0 aliphatic carbocycles. The molecule has 0 fully saturated rings. The molecule has 3 unspecified atom stereocenters. The van der Waals surface area contributed by atoms with E-state index in [9.17, 15) is 0 Å². The van der Waals surface area contributed by atoms with E-state index in [1.165, 1.54) is 38.5 Å². The molecule has 0 radical (unpaired) electrons. The van der Waals surface area contributed by atoms with E-state index in [1.54, 1.807) is 0 Å². The van der Waals surface area contributed by atoms with Gasteiger partial charge in [0.2, 0.25) is 0 Å². The third-order valence-electron chi connectivity index (χ3n) is 4.06. The van der Waals surface area contributed by atoms with Crippen molar-refractivity contribution in [2.75, 3.05) is 0 Å². The Morgan fingerprint density at radius 2 is 1.44 bits per heavy atom. The van der Waals surface area contributed by atoms with Crippen LogP contribution in [0.2, 0.25) is 0 Å². The quantitative estimate of drug-likeness (QED) is 0.458. The fourth-order valence-electron chi connectivity index (χ4n) is 2.98. The largest absolute Gasteiger partial charge is 0.0654 e. The van der Waals surface area contributed by atoms with Gasteiger partial charge in [0.15, 0.2) is 0 Å². The Labute approximate surface area is 104 Å². The van der Waals surface area contributed by atoms with Crippen LogP contribution in [0.15, 0.2) is 0 Å². The summed E-state index contributed by atoms with van der Waals surface area (Å²) in [5.74, 6) is 3.62. The van der Waals surface area contributed by atoms with Crippen molar-refractivity contribution in [3.63, 3.8) is 0 Å². The van der Waals surface area contributed by atoms with E-state index in [0.717, 1.165) is 23.7 Å². The normalized spacial score (nSPS) is 17.4. The van der Waals surface area contributed by atoms with E-state index >= 15 is 0 Å². The van der Waals surface area contributed by atoms with Crippen molar-refractivity contribution in [2.45, 2.75) is 80.1 Å². The first-order chi connectivity index (χ1) is 7.52.